The molecule has 0 heterocycles. The van der Waals surface area contributed by atoms with E-state index in [1.54, 1.807) is 14.0 Å². The van der Waals surface area contributed by atoms with Crippen molar-refractivity contribution in [3.63, 3.8) is 0 Å². The third-order valence-electron chi connectivity index (χ3n) is 4.48. The molecule has 1 N–H and O–H groups in total. The van der Waals surface area contributed by atoms with Crippen molar-refractivity contribution in [2.75, 3.05) is 13.7 Å². The average Bonchev–Trinajstić information content (AvgIpc) is 2.57. The highest BCUT2D eigenvalue weighted by Crippen LogP contribution is 2.33. The number of hydrogen-bond acceptors (Lipinski definition) is 3. The zero-order chi connectivity index (χ0) is 17.0. The van der Waals surface area contributed by atoms with E-state index in [0.29, 0.717) is 6.61 Å². The van der Waals surface area contributed by atoms with Gasteiger partial charge in [-0.1, -0.05) is 25.1 Å². The van der Waals surface area contributed by atoms with Crippen LogP contribution in [0.2, 0.25) is 0 Å². The van der Waals surface area contributed by atoms with Crippen LogP contribution in [0.15, 0.2) is 36.4 Å². The number of rotatable bonds is 7. The van der Waals surface area contributed by atoms with Gasteiger partial charge in [0.2, 0.25) is 0 Å². The maximum absolute atomic E-state index is 12.0. The molecule has 2 unspecified atom stereocenters. The predicted molar refractivity (Wildman–Crippen MR) is 91.2 cm³/mol. The Bertz CT molecular complexity index is 695. The van der Waals surface area contributed by atoms with Crippen LogP contribution in [0.5, 0.6) is 5.75 Å². The van der Waals surface area contributed by atoms with Gasteiger partial charge in [-0.05, 0) is 54.8 Å². The minimum absolute atomic E-state index is 0.421. The molecule has 0 bridgehead atoms. The van der Waals surface area contributed by atoms with Crippen molar-refractivity contribution < 1.29 is 19.4 Å². The summed E-state index contributed by atoms with van der Waals surface area (Å²) in [4.78, 5) is 12.0. The van der Waals surface area contributed by atoms with E-state index in [-0.39, 0.29) is 0 Å². The molecule has 2 aromatic rings. The van der Waals surface area contributed by atoms with Gasteiger partial charge in [-0.15, -0.1) is 0 Å². The van der Waals surface area contributed by atoms with Crippen LogP contribution < -0.4 is 4.74 Å². The van der Waals surface area contributed by atoms with Gasteiger partial charge < -0.3 is 14.6 Å². The van der Waals surface area contributed by atoms with Gasteiger partial charge in [0.1, 0.15) is 11.2 Å². The highest BCUT2D eigenvalue weighted by Gasteiger charge is 2.41. The lowest BCUT2D eigenvalue weighted by atomic mass is 9.77. The van der Waals surface area contributed by atoms with Crippen molar-refractivity contribution in [3.8, 4) is 5.75 Å². The second kappa shape index (κ2) is 7.01. The molecular weight excluding hydrogens is 292 g/mol. The van der Waals surface area contributed by atoms with Gasteiger partial charge >= 0.3 is 5.97 Å². The smallest absolute Gasteiger partial charge is 0.316 e. The highest BCUT2D eigenvalue weighted by atomic mass is 16.5. The van der Waals surface area contributed by atoms with Crippen molar-refractivity contribution in [2.45, 2.75) is 38.7 Å². The predicted octanol–water partition coefficient (Wildman–Crippen LogP) is 4.01. The third-order valence-corrected chi connectivity index (χ3v) is 4.48. The molecule has 2 rings (SSSR count). The average molecular weight is 316 g/mol. The first-order valence-corrected chi connectivity index (χ1v) is 7.86. The Balaban J connectivity index is 2.47. The summed E-state index contributed by atoms with van der Waals surface area (Å²) in [5.74, 6) is -0.0974. The molecule has 124 valence electrons. The van der Waals surface area contributed by atoms with Gasteiger partial charge in [-0.3, -0.25) is 4.79 Å². The molecule has 0 aliphatic rings. The summed E-state index contributed by atoms with van der Waals surface area (Å²) in [5.41, 5.74) is -0.352. The second-order valence-corrected chi connectivity index (χ2v) is 5.95. The van der Waals surface area contributed by atoms with Crippen molar-refractivity contribution in [1.29, 1.82) is 0 Å². The fourth-order valence-electron chi connectivity index (χ4n) is 2.67. The number of fused-ring (bicyclic) bond motifs is 1. The van der Waals surface area contributed by atoms with E-state index < -0.39 is 17.5 Å². The molecule has 4 nitrogen and oxygen atoms in total. The van der Waals surface area contributed by atoms with E-state index in [4.69, 9.17) is 9.47 Å². The SMILES string of the molecule is CCCOC(C)C(C)(C(=O)O)c1ccc2cc(OC)ccc2c1. The largest absolute Gasteiger partial charge is 0.497 e. The van der Waals surface area contributed by atoms with Crippen LogP contribution >= 0.6 is 0 Å². The Morgan fingerprint density at radius 1 is 1.22 bits per heavy atom. The first-order valence-electron chi connectivity index (χ1n) is 7.86. The van der Waals surface area contributed by atoms with Gasteiger partial charge in [0.15, 0.2) is 0 Å². The highest BCUT2D eigenvalue weighted by molar-refractivity contribution is 5.88. The molecule has 0 radical (unpaired) electrons. The summed E-state index contributed by atoms with van der Waals surface area (Å²) in [7, 11) is 1.63. The summed E-state index contributed by atoms with van der Waals surface area (Å²) in [6.45, 7) is 6.10. The van der Waals surface area contributed by atoms with Crippen LogP contribution in [-0.2, 0) is 14.9 Å². The maximum atomic E-state index is 12.0. The molecule has 4 heteroatoms. The number of carbonyl (C=O) groups is 1. The van der Waals surface area contributed by atoms with Gasteiger partial charge in [0.05, 0.1) is 13.2 Å². The van der Waals surface area contributed by atoms with E-state index in [1.165, 1.54) is 0 Å². The quantitative estimate of drug-likeness (QED) is 0.838. The summed E-state index contributed by atoms with van der Waals surface area (Å²) in [5, 5.41) is 11.8. The lowest BCUT2D eigenvalue weighted by Gasteiger charge is -2.32. The minimum Gasteiger partial charge on any atom is -0.497 e. The molecule has 0 amide bonds. The van der Waals surface area contributed by atoms with Crippen molar-refractivity contribution in [1.82, 2.24) is 0 Å². The molecule has 0 saturated heterocycles. The van der Waals surface area contributed by atoms with Crippen LogP contribution in [-0.4, -0.2) is 30.9 Å². The molecule has 2 aromatic carbocycles. The molecule has 0 aliphatic heterocycles. The standard InChI is InChI=1S/C19H24O4/c1-5-10-23-13(2)19(3,18(20)21)16-8-6-15-12-17(22-4)9-7-14(15)11-16/h6-9,11-13H,5,10H2,1-4H3,(H,20,21). The number of carboxylic acids is 1. The van der Waals surface area contributed by atoms with E-state index >= 15 is 0 Å². The summed E-state index contributed by atoms with van der Waals surface area (Å²) >= 11 is 0. The van der Waals surface area contributed by atoms with Gasteiger partial charge in [-0.2, -0.15) is 0 Å². The van der Waals surface area contributed by atoms with Gasteiger partial charge in [-0.25, -0.2) is 0 Å². The second-order valence-electron chi connectivity index (χ2n) is 5.95. The van der Waals surface area contributed by atoms with Crippen molar-refractivity contribution in [3.05, 3.63) is 42.0 Å². The number of hydrogen-bond donors (Lipinski definition) is 1. The Morgan fingerprint density at radius 3 is 2.48 bits per heavy atom. The topological polar surface area (TPSA) is 55.8 Å². The maximum Gasteiger partial charge on any atom is 0.316 e. The Labute approximate surface area is 137 Å². The first kappa shape index (κ1) is 17.3. The minimum atomic E-state index is -1.09. The molecular formula is C19H24O4. The zero-order valence-corrected chi connectivity index (χ0v) is 14.1. The molecule has 23 heavy (non-hydrogen) atoms. The van der Waals surface area contributed by atoms with Crippen molar-refractivity contribution >= 4 is 16.7 Å². The Kier molecular flexibility index (Phi) is 5.26. The molecule has 0 saturated carbocycles. The van der Waals surface area contributed by atoms with Crippen LogP contribution in [0.25, 0.3) is 10.8 Å². The number of carboxylic acid groups (broad SMARTS) is 1. The van der Waals surface area contributed by atoms with Crippen LogP contribution in [0, 0.1) is 0 Å². The molecule has 2 atom stereocenters. The number of ether oxygens (including phenoxy) is 2. The monoisotopic (exact) mass is 316 g/mol. The van der Waals surface area contributed by atoms with Gasteiger partial charge in [0.25, 0.3) is 0 Å². The lowest BCUT2D eigenvalue weighted by Crippen LogP contribution is -2.44. The summed E-state index contributed by atoms with van der Waals surface area (Å²) in [6, 6.07) is 11.5. The van der Waals surface area contributed by atoms with Crippen molar-refractivity contribution in [2.24, 2.45) is 0 Å². The normalized spacial score (nSPS) is 15.1. The van der Waals surface area contributed by atoms with Crippen LogP contribution in [0.4, 0.5) is 0 Å². The Hall–Kier alpha value is -2.07. The lowest BCUT2D eigenvalue weighted by molar-refractivity contribution is -0.149. The molecule has 0 spiro atoms. The van der Waals surface area contributed by atoms with Crippen LogP contribution in [0.1, 0.15) is 32.8 Å². The first-order chi connectivity index (χ1) is 10.9. The fourth-order valence-corrected chi connectivity index (χ4v) is 2.67. The fraction of sp³-hybridized carbons (Fsp3) is 0.421. The molecule has 0 aliphatic carbocycles. The number of aliphatic carboxylic acids is 1. The number of benzene rings is 2. The zero-order valence-electron chi connectivity index (χ0n) is 14.1. The third kappa shape index (κ3) is 3.32. The Morgan fingerprint density at radius 2 is 1.87 bits per heavy atom. The van der Waals surface area contributed by atoms with E-state index in [1.807, 2.05) is 50.2 Å². The summed E-state index contributed by atoms with van der Waals surface area (Å²) in [6.07, 6.45) is 0.438. The molecule has 0 aromatic heterocycles. The number of methoxy groups -OCH3 is 1. The van der Waals surface area contributed by atoms with E-state index in [9.17, 15) is 9.90 Å². The van der Waals surface area contributed by atoms with Crippen LogP contribution in [0.3, 0.4) is 0 Å². The van der Waals surface area contributed by atoms with E-state index in [2.05, 4.69) is 0 Å². The van der Waals surface area contributed by atoms with E-state index in [0.717, 1.165) is 28.5 Å². The molecule has 0 fully saturated rings. The van der Waals surface area contributed by atoms with Gasteiger partial charge in [0, 0.05) is 6.61 Å². The summed E-state index contributed by atoms with van der Waals surface area (Å²) < 4.78 is 10.9.